The number of fused-ring (bicyclic) bond motifs is 5. The Morgan fingerprint density at radius 2 is 1.15 bits per heavy atom. The standard InChI is InChI=1S/C55H92O27S.Na/c1-21(2)9-12-34(57)55(8,68)33-11-10-27-26-18-31(29-17-25(82-83(69,70)71)13-15-53(29,6)28(26)14-16-54(27,33)7)77-50-44(67)45(37(60)24(5)76-50)79-52-47(81-49-43(66)41(64)36(59)23(4)75-49)39(62)32(20-73-52)78-51-46(38(61)30(56)19-72-51)80-48-42(65)40(63)35(58)22(3)74-48;/h14,21-27,29-52,56-68H,9-13,15-20H2,1-8H3,(H,69,70,71);/q;+1/p-1/t22?,23?,24?,25-,26?,27?,29?,30?,31-,32?,33-,34-,35?,36?,37?,38?,39?,40?,41?,42?,43?,44?,45?,46?,47?,48?,49?,50?,51?,52?,53+,54-,55+;/m0./s1. The topological polar surface area (TPSA) is 422 Å². The normalized spacial score (nSPS) is 51.1. The Morgan fingerprint density at radius 3 is 1.74 bits per heavy atom. The van der Waals surface area contributed by atoms with E-state index < -0.39 is 206 Å². The van der Waals surface area contributed by atoms with Crippen LogP contribution in [-0.2, 0) is 62.0 Å². The fourth-order valence-electron chi connectivity index (χ4n) is 15.4. The van der Waals surface area contributed by atoms with E-state index in [1.807, 2.05) is 0 Å². The van der Waals surface area contributed by atoms with Gasteiger partial charge in [0.2, 0.25) is 10.4 Å². The van der Waals surface area contributed by atoms with Crippen LogP contribution in [0.3, 0.4) is 0 Å². The molecule has 480 valence electrons. The van der Waals surface area contributed by atoms with E-state index in [2.05, 4.69) is 33.8 Å². The van der Waals surface area contributed by atoms with Gasteiger partial charge in [0.1, 0.15) is 91.6 Å². The minimum Gasteiger partial charge on any atom is -0.726 e. The van der Waals surface area contributed by atoms with Crippen LogP contribution >= 0.6 is 0 Å². The van der Waals surface area contributed by atoms with Crippen LogP contribution in [0, 0.1) is 40.4 Å². The Bertz CT molecular complexity index is 2330. The van der Waals surface area contributed by atoms with Gasteiger partial charge in [0.05, 0.1) is 55.4 Å². The third-order valence-electron chi connectivity index (χ3n) is 20.4. The van der Waals surface area contributed by atoms with Crippen molar-refractivity contribution < 1.29 is 160 Å². The summed E-state index contributed by atoms with van der Waals surface area (Å²) in [6.07, 6.45) is -34.3. The summed E-state index contributed by atoms with van der Waals surface area (Å²) in [5, 5.41) is 146. The molecule has 0 aromatic carbocycles. The largest absolute Gasteiger partial charge is 1.00 e. The van der Waals surface area contributed by atoms with Gasteiger partial charge in [-0.05, 0) is 126 Å². The predicted molar refractivity (Wildman–Crippen MR) is 279 cm³/mol. The molecule has 0 spiro atoms. The molecule has 8 fully saturated rings. The third-order valence-corrected chi connectivity index (χ3v) is 20.9. The van der Waals surface area contributed by atoms with E-state index >= 15 is 0 Å². The first-order valence-corrected chi connectivity index (χ1v) is 30.8. The third kappa shape index (κ3) is 13.7. The first kappa shape index (κ1) is 69.6. The van der Waals surface area contributed by atoms with Gasteiger partial charge in [0.25, 0.3) is 0 Å². The maximum Gasteiger partial charge on any atom is 1.00 e. The average Bonchev–Trinajstić information content (AvgIpc) is 1.54. The fraction of sp³-hybridized carbons (Fsp3) is 0.964. The van der Waals surface area contributed by atoms with Crippen molar-refractivity contribution in [3.8, 4) is 0 Å². The number of allylic oxidation sites excluding steroid dienone is 2. The van der Waals surface area contributed by atoms with E-state index in [0.717, 1.165) is 18.4 Å². The van der Waals surface area contributed by atoms with Crippen molar-refractivity contribution in [2.75, 3.05) is 13.2 Å². The van der Waals surface area contributed by atoms with Crippen molar-refractivity contribution >= 4 is 10.4 Å². The van der Waals surface area contributed by atoms with Crippen molar-refractivity contribution in [1.29, 1.82) is 0 Å². The molecule has 5 heterocycles. The van der Waals surface area contributed by atoms with Crippen LogP contribution in [-0.4, -0.2) is 258 Å². The van der Waals surface area contributed by atoms with Crippen LogP contribution < -0.4 is 29.6 Å². The number of hydrogen-bond acceptors (Lipinski definition) is 27. The molecule has 13 N–H and O–H groups in total. The van der Waals surface area contributed by atoms with Gasteiger partial charge in [0.15, 0.2) is 31.5 Å². The SMILES string of the molecule is CC(C)CC[C@H](O)[C@](C)(O)[C@H]1CCC2C3C[C@H](OC4OC(C)C(O)C(OC5OCC(OC6OCC(O)C(O)C6OC6OC(C)C(O)C(O)C6O)C(O)C5OC5OC(C)C(O)C(O)C5O)C4O)C4C[C@@H](OS(=O)(=O)[O-])CC[C@]4(C)C3=CC[C@@]21C.[Na+]. The zero-order valence-electron chi connectivity index (χ0n) is 49.2. The molecule has 3 saturated carbocycles. The van der Waals surface area contributed by atoms with Crippen LogP contribution in [0.15, 0.2) is 11.6 Å². The molecule has 4 aliphatic carbocycles. The Labute approximate surface area is 512 Å². The maximum atomic E-state index is 12.4. The molecule has 9 aliphatic rings. The zero-order valence-corrected chi connectivity index (χ0v) is 52.0. The first-order valence-electron chi connectivity index (χ1n) is 29.5. The zero-order chi connectivity index (χ0) is 60.7. The molecular weight excluding hydrogens is 1150 g/mol. The van der Waals surface area contributed by atoms with E-state index in [4.69, 9.17) is 51.6 Å². The Morgan fingerprint density at radius 1 is 0.631 bits per heavy atom. The maximum absolute atomic E-state index is 12.4. The number of ether oxygens (including phenoxy) is 10. The van der Waals surface area contributed by atoms with E-state index in [0.29, 0.717) is 38.0 Å². The molecule has 5 aliphatic heterocycles. The molecule has 84 heavy (non-hydrogen) atoms. The predicted octanol–water partition coefficient (Wildman–Crippen LogP) is -5.58. The minimum absolute atomic E-state index is 0. The second kappa shape index (κ2) is 27.1. The van der Waals surface area contributed by atoms with Gasteiger partial charge in [-0.2, -0.15) is 0 Å². The van der Waals surface area contributed by atoms with Gasteiger partial charge in [-0.3, -0.25) is 4.18 Å². The monoisotopic (exact) mass is 1240 g/mol. The summed E-state index contributed by atoms with van der Waals surface area (Å²) >= 11 is 0. The van der Waals surface area contributed by atoms with Crippen LogP contribution in [0.4, 0.5) is 0 Å². The van der Waals surface area contributed by atoms with Crippen LogP contribution in [0.2, 0.25) is 0 Å². The second-order valence-corrected chi connectivity index (χ2v) is 27.3. The number of rotatable bonds is 17. The summed E-state index contributed by atoms with van der Waals surface area (Å²) in [4.78, 5) is 0. The molecule has 5 saturated heterocycles. The summed E-state index contributed by atoms with van der Waals surface area (Å²) in [6, 6.07) is 0. The van der Waals surface area contributed by atoms with E-state index in [1.165, 1.54) is 20.8 Å². The van der Waals surface area contributed by atoms with Gasteiger partial charge in [-0.1, -0.05) is 39.3 Å². The summed E-state index contributed by atoms with van der Waals surface area (Å²) < 4.78 is 102. The number of aliphatic hydroxyl groups excluding tert-OH is 12. The Kier molecular flexibility index (Phi) is 22.4. The molecule has 29 heteroatoms. The van der Waals surface area contributed by atoms with E-state index in [1.54, 1.807) is 6.92 Å². The molecular formula is C55H91NaO27S. The van der Waals surface area contributed by atoms with Crippen molar-refractivity contribution in [1.82, 2.24) is 0 Å². The molecule has 0 aromatic rings. The fourth-order valence-corrected chi connectivity index (χ4v) is 15.9. The van der Waals surface area contributed by atoms with Gasteiger partial charge in [0, 0.05) is 0 Å². The smallest absolute Gasteiger partial charge is 0.726 e. The second-order valence-electron chi connectivity index (χ2n) is 26.2. The van der Waals surface area contributed by atoms with E-state index in [-0.39, 0.29) is 60.2 Å². The Hall–Kier alpha value is -0.310. The molecule has 33 atom stereocenters. The van der Waals surface area contributed by atoms with Gasteiger partial charge in [-0.25, -0.2) is 8.42 Å². The molecule has 0 amide bonds. The summed E-state index contributed by atoms with van der Waals surface area (Å²) in [5.41, 5.74) is -1.38. The van der Waals surface area contributed by atoms with Crippen LogP contribution in [0.1, 0.15) is 113 Å². The van der Waals surface area contributed by atoms with Gasteiger partial charge in [-0.15, -0.1) is 0 Å². The van der Waals surface area contributed by atoms with E-state index in [9.17, 15) is 79.4 Å². The summed E-state index contributed by atoms with van der Waals surface area (Å²) in [7, 11) is -5.12. The quantitative estimate of drug-likeness (QED) is 0.0279. The number of aliphatic hydroxyl groups is 13. The molecule has 0 aromatic heterocycles. The Balaban J connectivity index is 0.00000920. The summed E-state index contributed by atoms with van der Waals surface area (Å²) in [5.74, 6) is -0.619. The molecule has 27 nitrogen and oxygen atoms in total. The van der Waals surface area contributed by atoms with Gasteiger partial charge < -0.3 is 118 Å². The first-order chi connectivity index (χ1) is 38.8. The molecule has 26 unspecified atom stereocenters. The molecule has 9 rings (SSSR count). The number of hydrogen-bond donors (Lipinski definition) is 13. The van der Waals surface area contributed by atoms with Crippen molar-refractivity contribution in [3.63, 3.8) is 0 Å². The van der Waals surface area contributed by atoms with Crippen LogP contribution in [0.25, 0.3) is 0 Å². The van der Waals surface area contributed by atoms with Crippen molar-refractivity contribution in [3.05, 3.63) is 11.6 Å². The van der Waals surface area contributed by atoms with Crippen molar-refractivity contribution in [2.45, 2.75) is 278 Å². The van der Waals surface area contributed by atoms with Crippen molar-refractivity contribution in [2.24, 2.45) is 40.4 Å². The minimum atomic E-state index is -5.12. The van der Waals surface area contributed by atoms with Crippen LogP contribution in [0.5, 0.6) is 0 Å². The molecule has 0 radical (unpaired) electrons. The summed E-state index contributed by atoms with van der Waals surface area (Å²) in [6.45, 7) is 13.2. The average molecular weight is 1240 g/mol. The van der Waals surface area contributed by atoms with Gasteiger partial charge >= 0.3 is 29.6 Å². The molecule has 0 bridgehead atoms.